The Morgan fingerprint density at radius 3 is 2.39 bits per heavy atom. The zero-order chi connectivity index (χ0) is 12.5. The molecule has 0 aliphatic carbocycles. The van der Waals surface area contributed by atoms with Crippen LogP contribution < -0.4 is 9.47 Å². The first-order chi connectivity index (χ1) is 8.78. The van der Waals surface area contributed by atoms with Gasteiger partial charge in [-0.2, -0.15) is 0 Å². The minimum atomic E-state index is 0.239. The average molecular weight is 257 g/mol. The second kappa shape index (κ2) is 4.29. The van der Waals surface area contributed by atoms with Gasteiger partial charge in [-0.25, -0.2) is 0 Å². The quantitative estimate of drug-likeness (QED) is 0.724. The Hall–Kier alpha value is -2.11. The zero-order valence-electron chi connectivity index (χ0n) is 9.44. The lowest BCUT2D eigenvalue weighted by Crippen LogP contribution is -1.92. The van der Waals surface area contributed by atoms with Crippen molar-refractivity contribution in [3.63, 3.8) is 0 Å². The molecule has 2 nitrogen and oxygen atoms in total. The third kappa shape index (κ3) is 1.79. The van der Waals surface area contributed by atoms with Crippen molar-refractivity contribution < 1.29 is 9.47 Å². The van der Waals surface area contributed by atoms with Gasteiger partial charge in [0.2, 0.25) is 6.79 Å². The summed E-state index contributed by atoms with van der Waals surface area (Å²) in [6.07, 6.45) is 5.54. The highest BCUT2D eigenvalue weighted by atomic mass is 35.5. The molecule has 0 atom stereocenters. The molecule has 0 amide bonds. The molecule has 88 valence electrons. The highest BCUT2D eigenvalue weighted by molar-refractivity contribution is 6.30. The van der Waals surface area contributed by atoms with Gasteiger partial charge in [-0.3, -0.25) is 0 Å². The second-order valence-electron chi connectivity index (χ2n) is 3.90. The number of hydrogen-bond donors (Lipinski definition) is 0. The normalized spacial score (nSPS) is 12.2. The molecule has 0 unspecified atom stereocenters. The SMILES string of the molecule is C#Cc1cc2c(cc1-c1ccc(Cl)cc1)OCO2. The largest absolute Gasteiger partial charge is 0.454 e. The lowest BCUT2D eigenvalue weighted by atomic mass is 9.99. The van der Waals surface area contributed by atoms with E-state index in [-0.39, 0.29) is 6.79 Å². The van der Waals surface area contributed by atoms with E-state index in [2.05, 4.69) is 5.92 Å². The summed E-state index contributed by atoms with van der Waals surface area (Å²) in [4.78, 5) is 0. The molecule has 0 radical (unpaired) electrons. The van der Waals surface area contributed by atoms with Crippen molar-refractivity contribution in [2.45, 2.75) is 0 Å². The van der Waals surface area contributed by atoms with Gasteiger partial charge in [0.25, 0.3) is 0 Å². The molecule has 3 heteroatoms. The maximum atomic E-state index is 5.88. The van der Waals surface area contributed by atoms with Crippen LogP contribution in [-0.4, -0.2) is 6.79 Å². The smallest absolute Gasteiger partial charge is 0.231 e. The van der Waals surface area contributed by atoms with Crippen LogP contribution in [0.3, 0.4) is 0 Å². The summed E-state index contributed by atoms with van der Waals surface area (Å²) in [6, 6.07) is 11.3. The van der Waals surface area contributed by atoms with Crippen molar-refractivity contribution in [1.29, 1.82) is 0 Å². The number of rotatable bonds is 1. The van der Waals surface area contributed by atoms with Crippen molar-refractivity contribution in [1.82, 2.24) is 0 Å². The molecule has 0 spiro atoms. The molecule has 0 aromatic heterocycles. The molecule has 1 aliphatic rings. The van der Waals surface area contributed by atoms with Crippen LogP contribution in [0, 0.1) is 12.3 Å². The first-order valence-corrected chi connectivity index (χ1v) is 5.82. The van der Waals surface area contributed by atoms with Crippen LogP contribution in [-0.2, 0) is 0 Å². The Balaban J connectivity index is 2.17. The van der Waals surface area contributed by atoms with E-state index in [4.69, 9.17) is 27.5 Å². The lowest BCUT2D eigenvalue weighted by molar-refractivity contribution is 0.174. The summed E-state index contributed by atoms with van der Waals surface area (Å²) < 4.78 is 10.7. The van der Waals surface area contributed by atoms with E-state index < -0.39 is 0 Å². The molecule has 18 heavy (non-hydrogen) atoms. The van der Waals surface area contributed by atoms with Crippen LogP contribution in [0.15, 0.2) is 36.4 Å². The number of ether oxygens (including phenoxy) is 2. The molecule has 1 heterocycles. The van der Waals surface area contributed by atoms with Gasteiger partial charge < -0.3 is 9.47 Å². The van der Waals surface area contributed by atoms with Crippen LogP contribution in [0.1, 0.15) is 5.56 Å². The van der Waals surface area contributed by atoms with Gasteiger partial charge in [0, 0.05) is 22.2 Å². The topological polar surface area (TPSA) is 18.5 Å². The lowest BCUT2D eigenvalue weighted by Gasteiger charge is -2.07. The van der Waals surface area contributed by atoms with Crippen molar-refractivity contribution in [3.8, 4) is 35.0 Å². The van der Waals surface area contributed by atoms with E-state index in [1.807, 2.05) is 36.4 Å². The predicted octanol–water partition coefficient (Wildman–Crippen LogP) is 3.72. The van der Waals surface area contributed by atoms with Crippen LogP contribution in [0.4, 0.5) is 0 Å². The van der Waals surface area contributed by atoms with E-state index in [0.29, 0.717) is 10.8 Å². The van der Waals surface area contributed by atoms with Crippen LogP contribution in [0.5, 0.6) is 11.5 Å². The molecule has 0 N–H and O–H groups in total. The molecular formula is C15H9ClO2. The highest BCUT2D eigenvalue weighted by Gasteiger charge is 2.17. The Morgan fingerprint density at radius 1 is 1.06 bits per heavy atom. The molecule has 2 aromatic carbocycles. The third-order valence-corrected chi connectivity index (χ3v) is 3.08. The van der Waals surface area contributed by atoms with E-state index >= 15 is 0 Å². The average Bonchev–Trinajstić information content (AvgIpc) is 2.85. The Labute approximate surface area is 110 Å². The molecule has 0 saturated carbocycles. The van der Waals surface area contributed by atoms with Crippen LogP contribution in [0.25, 0.3) is 11.1 Å². The van der Waals surface area contributed by atoms with Crippen molar-refractivity contribution >= 4 is 11.6 Å². The van der Waals surface area contributed by atoms with Gasteiger partial charge in [0.1, 0.15) is 0 Å². The van der Waals surface area contributed by atoms with Crippen LogP contribution >= 0.6 is 11.6 Å². The van der Waals surface area contributed by atoms with E-state index in [9.17, 15) is 0 Å². The minimum absolute atomic E-state index is 0.239. The van der Waals surface area contributed by atoms with E-state index in [1.54, 1.807) is 0 Å². The molecule has 0 bridgehead atoms. The maximum absolute atomic E-state index is 5.88. The fraction of sp³-hybridized carbons (Fsp3) is 0.0667. The Kier molecular flexibility index (Phi) is 2.62. The monoisotopic (exact) mass is 256 g/mol. The van der Waals surface area contributed by atoms with Crippen LogP contribution in [0.2, 0.25) is 5.02 Å². The van der Waals surface area contributed by atoms with Gasteiger partial charge in [-0.05, 0) is 23.8 Å². The third-order valence-electron chi connectivity index (χ3n) is 2.82. The number of benzene rings is 2. The Bertz CT molecular complexity index is 639. The van der Waals surface area contributed by atoms with Gasteiger partial charge in [-0.15, -0.1) is 6.42 Å². The fourth-order valence-electron chi connectivity index (χ4n) is 1.93. The fourth-order valence-corrected chi connectivity index (χ4v) is 2.06. The van der Waals surface area contributed by atoms with Gasteiger partial charge in [0.05, 0.1) is 0 Å². The molecular weight excluding hydrogens is 248 g/mol. The number of terminal acetylenes is 1. The number of hydrogen-bond acceptors (Lipinski definition) is 2. The summed E-state index contributed by atoms with van der Waals surface area (Å²) in [5.41, 5.74) is 2.73. The van der Waals surface area contributed by atoms with Gasteiger partial charge >= 0.3 is 0 Å². The summed E-state index contributed by atoms with van der Waals surface area (Å²) in [7, 11) is 0. The first-order valence-electron chi connectivity index (χ1n) is 5.44. The first kappa shape index (κ1) is 11.0. The number of fused-ring (bicyclic) bond motifs is 1. The Morgan fingerprint density at radius 2 is 1.72 bits per heavy atom. The predicted molar refractivity (Wildman–Crippen MR) is 70.9 cm³/mol. The van der Waals surface area contributed by atoms with Crippen molar-refractivity contribution in [3.05, 3.63) is 47.0 Å². The van der Waals surface area contributed by atoms with Gasteiger partial charge in [-0.1, -0.05) is 29.7 Å². The summed E-state index contributed by atoms with van der Waals surface area (Å²) in [5.74, 6) is 4.09. The molecule has 3 rings (SSSR count). The van der Waals surface area contributed by atoms with Crippen molar-refractivity contribution in [2.24, 2.45) is 0 Å². The minimum Gasteiger partial charge on any atom is -0.454 e. The molecule has 0 saturated heterocycles. The molecule has 0 fully saturated rings. The highest BCUT2D eigenvalue weighted by Crippen LogP contribution is 2.38. The van der Waals surface area contributed by atoms with Crippen molar-refractivity contribution in [2.75, 3.05) is 6.79 Å². The van der Waals surface area contributed by atoms with E-state index in [0.717, 1.165) is 22.4 Å². The maximum Gasteiger partial charge on any atom is 0.231 e. The summed E-state index contributed by atoms with van der Waals surface area (Å²) in [6.45, 7) is 0.239. The standard InChI is InChI=1S/C15H9ClO2/c1-2-10-7-14-15(18-9-17-14)8-13(10)11-3-5-12(16)6-4-11/h1,3-8H,9H2. The van der Waals surface area contributed by atoms with E-state index in [1.165, 1.54) is 0 Å². The van der Waals surface area contributed by atoms with Gasteiger partial charge in [0.15, 0.2) is 11.5 Å². The molecule has 1 aliphatic heterocycles. The number of halogens is 1. The second-order valence-corrected chi connectivity index (χ2v) is 4.34. The summed E-state index contributed by atoms with van der Waals surface area (Å²) in [5, 5.41) is 0.696. The zero-order valence-corrected chi connectivity index (χ0v) is 10.2. The summed E-state index contributed by atoms with van der Waals surface area (Å²) >= 11 is 5.88. The molecule has 2 aromatic rings.